The first-order chi connectivity index (χ1) is 18.4. The van der Waals surface area contributed by atoms with Gasteiger partial charge in [-0.1, -0.05) is 0 Å². The van der Waals surface area contributed by atoms with E-state index in [0.29, 0.717) is 48.4 Å². The van der Waals surface area contributed by atoms with Gasteiger partial charge in [0.25, 0.3) is 5.91 Å². The number of rotatable bonds is 4. The minimum atomic E-state index is -1.59. The zero-order chi connectivity index (χ0) is 26.4. The summed E-state index contributed by atoms with van der Waals surface area (Å²) < 4.78 is 44.5. The first-order valence-electron chi connectivity index (χ1n) is 11.9. The molecule has 1 fully saturated rings. The van der Waals surface area contributed by atoms with Gasteiger partial charge in [0.05, 0.1) is 16.9 Å². The Morgan fingerprint density at radius 2 is 1.74 bits per heavy atom. The summed E-state index contributed by atoms with van der Waals surface area (Å²) in [4.78, 5) is 38.6. The minimum absolute atomic E-state index is 0.0564. The first kappa shape index (κ1) is 23.6. The second-order valence-corrected chi connectivity index (χ2v) is 8.99. The number of hydrogen-bond donors (Lipinski definition) is 1. The fourth-order valence-corrected chi connectivity index (χ4v) is 4.88. The Kier molecular flexibility index (Phi) is 5.78. The SMILES string of the molecule is O=C(c1cc(-c2cccnc2)n(-c2cc(F)c(F)c(F)c2)n1)N1CCC(n2c(=O)[nH]c3ncccc32)CC1. The summed E-state index contributed by atoms with van der Waals surface area (Å²) in [7, 11) is 0. The molecule has 9 nitrogen and oxygen atoms in total. The molecule has 1 N–H and O–H groups in total. The standard InChI is InChI=1S/C26H20F3N7O2/c27-18-11-17(12-19(28)23(18)29)36-22(15-3-1-7-30-14-15)13-20(33-36)25(37)34-9-5-16(6-10-34)35-21-4-2-8-31-24(21)32-26(35)38/h1-4,7-8,11-14,16H,5-6,9-10H2,(H,31,32,38). The molecule has 38 heavy (non-hydrogen) atoms. The van der Waals surface area contributed by atoms with Crippen LogP contribution in [0.5, 0.6) is 0 Å². The molecule has 4 aromatic heterocycles. The van der Waals surface area contributed by atoms with Crippen LogP contribution in [0.15, 0.2) is 65.8 Å². The second kappa shape index (κ2) is 9.29. The molecule has 0 saturated carbocycles. The third-order valence-corrected chi connectivity index (χ3v) is 6.71. The maximum atomic E-state index is 14.0. The van der Waals surface area contributed by atoms with Crippen molar-refractivity contribution < 1.29 is 18.0 Å². The number of halogens is 3. The molecule has 6 rings (SSSR count). The molecule has 0 aliphatic carbocycles. The Morgan fingerprint density at radius 3 is 2.45 bits per heavy atom. The molecule has 0 atom stereocenters. The van der Waals surface area contributed by atoms with E-state index in [0.717, 1.165) is 12.1 Å². The van der Waals surface area contributed by atoms with Crippen LogP contribution in [0.3, 0.4) is 0 Å². The molecular formula is C26H20F3N7O2. The van der Waals surface area contributed by atoms with Gasteiger partial charge in [0.2, 0.25) is 0 Å². The minimum Gasteiger partial charge on any atom is -0.337 e. The Hall–Kier alpha value is -4.74. The summed E-state index contributed by atoms with van der Waals surface area (Å²) in [6, 6.07) is 10.0. The number of nitrogens with one attached hydrogen (secondary N) is 1. The van der Waals surface area contributed by atoms with Crippen molar-refractivity contribution in [3.05, 3.63) is 94.7 Å². The zero-order valence-electron chi connectivity index (χ0n) is 19.8. The third-order valence-electron chi connectivity index (χ3n) is 6.71. The van der Waals surface area contributed by atoms with Crippen LogP contribution in [0, 0.1) is 17.5 Å². The molecule has 1 aliphatic rings. The molecule has 1 amide bonds. The number of H-pyrrole nitrogens is 1. The number of carbonyl (C=O) groups is 1. The molecule has 0 spiro atoms. The molecule has 0 radical (unpaired) electrons. The van der Waals surface area contributed by atoms with Crippen LogP contribution >= 0.6 is 0 Å². The monoisotopic (exact) mass is 519 g/mol. The van der Waals surface area contributed by atoms with E-state index < -0.39 is 17.5 Å². The third kappa shape index (κ3) is 4.03. The number of aromatic amines is 1. The molecule has 12 heteroatoms. The average Bonchev–Trinajstić information content (AvgIpc) is 3.53. The second-order valence-electron chi connectivity index (χ2n) is 8.99. The van der Waals surface area contributed by atoms with Crippen molar-refractivity contribution in [3.8, 4) is 16.9 Å². The van der Waals surface area contributed by atoms with Gasteiger partial charge in [-0.3, -0.25) is 19.3 Å². The lowest BCUT2D eigenvalue weighted by molar-refractivity contribution is 0.0688. The normalized spacial score (nSPS) is 14.3. The maximum absolute atomic E-state index is 14.0. The van der Waals surface area contributed by atoms with E-state index in [-0.39, 0.29) is 29.0 Å². The summed E-state index contributed by atoms with van der Waals surface area (Å²) in [5, 5.41) is 4.34. The number of hydrogen-bond acceptors (Lipinski definition) is 5. The van der Waals surface area contributed by atoms with E-state index >= 15 is 0 Å². The zero-order valence-corrected chi connectivity index (χ0v) is 19.8. The largest absolute Gasteiger partial charge is 0.337 e. The van der Waals surface area contributed by atoms with Gasteiger partial charge in [-0.05, 0) is 43.2 Å². The van der Waals surface area contributed by atoms with Crippen LogP contribution in [0.1, 0.15) is 29.4 Å². The number of fused-ring (bicyclic) bond motifs is 1. The van der Waals surface area contributed by atoms with Crippen LogP contribution in [0.25, 0.3) is 28.1 Å². The van der Waals surface area contributed by atoms with E-state index in [1.165, 1.54) is 16.9 Å². The number of nitrogens with zero attached hydrogens (tertiary/aromatic N) is 6. The summed E-state index contributed by atoms with van der Waals surface area (Å²) >= 11 is 0. The van der Waals surface area contributed by atoms with E-state index in [1.54, 1.807) is 40.1 Å². The molecule has 192 valence electrons. The van der Waals surface area contributed by atoms with Crippen molar-refractivity contribution in [2.45, 2.75) is 18.9 Å². The highest BCUT2D eigenvalue weighted by Gasteiger charge is 2.29. The van der Waals surface area contributed by atoms with Crippen LogP contribution < -0.4 is 5.69 Å². The lowest BCUT2D eigenvalue weighted by Crippen LogP contribution is -2.40. The molecule has 1 aromatic carbocycles. The van der Waals surface area contributed by atoms with Crippen LogP contribution in [-0.4, -0.2) is 53.2 Å². The number of carbonyl (C=O) groups excluding carboxylic acids is 1. The topological polar surface area (TPSA) is 102 Å². The van der Waals surface area contributed by atoms with Gasteiger partial charge in [-0.25, -0.2) is 27.6 Å². The van der Waals surface area contributed by atoms with Crippen molar-refractivity contribution >= 4 is 17.1 Å². The van der Waals surface area contributed by atoms with Gasteiger partial charge < -0.3 is 4.90 Å². The number of pyridine rings is 2. The van der Waals surface area contributed by atoms with Crippen molar-refractivity contribution in [2.75, 3.05) is 13.1 Å². The summed E-state index contributed by atoms with van der Waals surface area (Å²) in [6.07, 6.45) is 5.78. The van der Waals surface area contributed by atoms with Crippen molar-refractivity contribution in [2.24, 2.45) is 0 Å². The fourth-order valence-electron chi connectivity index (χ4n) is 4.88. The average molecular weight is 519 g/mol. The van der Waals surface area contributed by atoms with E-state index in [4.69, 9.17) is 0 Å². The highest BCUT2D eigenvalue weighted by Crippen LogP contribution is 2.28. The van der Waals surface area contributed by atoms with Gasteiger partial charge in [-0.2, -0.15) is 5.10 Å². The number of benzene rings is 1. The molecule has 5 heterocycles. The molecule has 1 aliphatic heterocycles. The van der Waals surface area contributed by atoms with Crippen molar-refractivity contribution in [1.29, 1.82) is 0 Å². The van der Waals surface area contributed by atoms with Gasteiger partial charge in [0.15, 0.2) is 28.8 Å². The van der Waals surface area contributed by atoms with Gasteiger partial charge >= 0.3 is 5.69 Å². The lowest BCUT2D eigenvalue weighted by Gasteiger charge is -2.32. The van der Waals surface area contributed by atoms with Crippen molar-refractivity contribution in [3.63, 3.8) is 0 Å². The number of amides is 1. The molecule has 0 bridgehead atoms. The lowest BCUT2D eigenvalue weighted by atomic mass is 10.0. The highest BCUT2D eigenvalue weighted by atomic mass is 19.2. The Bertz CT molecular complexity index is 1700. The Balaban J connectivity index is 1.29. The quantitative estimate of drug-likeness (QED) is 0.364. The smallest absolute Gasteiger partial charge is 0.327 e. The molecule has 5 aromatic rings. The van der Waals surface area contributed by atoms with Crippen LogP contribution in [-0.2, 0) is 0 Å². The predicted octanol–water partition coefficient (Wildman–Crippen LogP) is 3.87. The first-order valence-corrected chi connectivity index (χ1v) is 11.9. The van der Waals surface area contributed by atoms with Gasteiger partial charge in [-0.15, -0.1) is 0 Å². The van der Waals surface area contributed by atoms with E-state index in [9.17, 15) is 22.8 Å². The van der Waals surface area contributed by atoms with Gasteiger partial charge in [0, 0.05) is 55.4 Å². The molecule has 0 unspecified atom stereocenters. The van der Waals surface area contributed by atoms with E-state index in [2.05, 4.69) is 20.1 Å². The van der Waals surface area contributed by atoms with Crippen LogP contribution in [0.2, 0.25) is 0 Å². The number of likely N-dealkylation sites (tertiary alicyclic amines) is 1. The van der Waals surface area contributed by atoms with Gasteiger partial charge in [0.1, 0.15) is 0 Å². The molecular weight excluding hydrogens is 499 g/mol. The molecule has 1 saturated heterocycles. The summed E-state index contributed by atoms with van der Waals surface area (Å²) in [5.74, 6) is -4.70. The summed E-state index contributed by atoms with van der Waals surface area (Å²) in [5.41, 5.74) is 1.86. The Labute approximate surface area is 213 Å². The van der Waals surface area contributed by atoms with Crippen molar-refractivity contribution in [1.82, 2.24) is 34.2 Å². The van der Waals surface area contributed by atoms with E-state index in [1.807, 2.05) is 6.07 Å². The highest BCUT2D eigenvalue weighted by molar-refractivity contribution is 5.93. The number of piperidine rings is 1. The fraction of sp³-hybridized carbons (Fsp3) is 0.192. The maximum Gasteiger partial charge on any atom is 0.327 e. The summed E-state index contributed by atoms with van der Waals surface area (Å²) in [6.45, 7) is 0.746. The number of imidazole rings is 1. The predicted molar refractivity (Wildman–Crippen MR) is 131 cm³/mol. The Morgan fingerprint density at radius 1 is 1.00 bits per heavy atom. The van der Waals surface area contributed by atoms with Crippen LogP contribution in [0.4, 0.5) is 13.2 Å². The number of aromatic nitrogens is 6.